The molecule has 0 spiro atoms. The van der Waals surface area contributed by atoms with Gasteiger partial charge in [0.15, 0.2) is 16.1 Å². The molecule has 0 radical (unpaired) electrons. The predicted octanol–water partition coefficient (Wildman–Crippen LogP) is 26.9. The average molecular weight is 1850 g/mol. The van der Waals surface area contributed by atoms with Crippen molar-refractivity contribution in [3.8, 4) is 77.9 Å². The highest BCUT2D eigenvalue weighted by Crippen LogP contribution is 2.45. The van der Waals surface area contributed by atoms with Crippen LogP contribution in [-0.4, -0.2) is 44.4 Å². The second-order valence-electron chi connectivity index (χ2n) is 36.0. The normalized spacial score (nSPS) is 13.1. The first kappa shape index (κ1) is 84.6. The van der Waals surface area contributed by atoms with E-state index in [1.54, 1.807) is 6.20 Å². The van der Waals surface area contributed by atoms with E-state index in [1.165, 1.54) is 41.5 Å². The highest BCUT2D eigenvalue weighted by atomic mass is 79.9. The Balaban J connectivity index is 0.000000124. The van der Waals surface area contributed by atoms with Gasteiger partial charge in [0.25, 0.3) is 0 Å². The minimum absolute atomic E-state index is 0.337. The van der Waals surface area contributed by atoms with Crippen LogP contribution in [-0.2, 0) is 9.31 Å². The molecule has 0 aliphatic carbocycles. The molecule has 0 atom stereocenters. The van der Waals surface area contributed by atoms with Gasteiger partial charge in [-0.3, -0.25) is 9.97 Å². The number of nitrogens with zero attached hydrogens (tertiary/aromatic N) is 2. The van der Waals surface area contributed by atoms with Crippen LogP contribution in [0, 0.1) is 0 Å². The molecule has 25 rings (SSSR count). The number of benzene rings is 18. The number of fused-ring (bicyclic) bond motifs is 12. The molecule has 1 fully saturated rings. The number of hydrogen-bond donors (Lipinski definition) is 0. The fourth-order valence-corrected chi connectivity index (χ4v) is 30.7. The Morgan fingerprint density at radius 3 is 0.919 bits per heavy atom. The molecule has 1 aliphatic rings. The lowest BCUT2D eigenvalue weighted by Gasteiger charge is -2.34. The number of pyridine rings is 2. The van der Waals surface area contributed by atoms with Crippen molar-refractivity contribution in [1.29, 1.82) is 0 Å². The molecule has 1 aliphatic heterocycles. The molecule has 0 amide bonds. The van der Waals surface area contributed by atoms with E-state index in [-0.39, 0.29) is 18.3 Å². The van der Waals surface area contributed by atoms with E-state index >= 15 is 0 Å². The maximum Gasteiger partial charge on any atom is 0.494 e. The molecule has 1 saturated heterocycles. The number of rotatable bonds is 16. The molecule has 0 bridgehead atoms. The van der Waals surface area contributed by atoms with Crippen molar-refractivity contribution in [2.24, 2.45) is 0 Å². The lowest BCUT2D eigenvalue weighted by molar-refractivity contribution is 0.00578. The summed E-state index contributed by atoms with van der Waals surface area (Å²) in [4.78, 5) is 8.88. The van der Waals surface area contributed by atoms with E-state index < -0.39 is 16.1 Å². The van der Waals surface area contributed by atoms with Gasteiger partial charge in [-0.2, -0.15) is 0 Å². The van der Waals surface area contributed by atoms with Gasteiger partial charge in [0.2, 0.25) is 0 Å². The van der Waals surface area contributed by atoms with Crippen LogP contribution in [0.5, 0.6) is 0 Å². The van der Waals surface area contributed by atoms with Crippen LogP contribution in [0.2, 0.25) is 0 Å². The molecule has 18 aromatic carbocycles. The zero-order valence-corrected chi connectivity index (χ0v) is 78.9. The van der Waals surface area contributed by atoms with Crippen molar-refractivity contribution in [2.75, 3.05) is 0 Å². The van der Waals surface area contributed by atoms with Gasteiger partial charge in [-0.05, 0) is 186 Å². The summed E-state index contributed by atoms with van der Waals surface area (Å²) in [7, 11) is -6.04. The number of aromatic nitrogens is 2. The van der Waals surface area contributed by atoms with Gasteiger partial charge in [0.1, 0.15) is 44.7 Å². The molecule has 7 heterocycles. The van der Waals surface area contributed by atoms with Crippen LogP contribution in [0.15, 0.2) is 496 Å². The van der Waals surface area contributed by atoms with Gasteiger partial charge < -0.3 is 27.0 Å². The molecular weight excluding hydrogens is 1760 g/mol. The number of furan rings is 4. The highest BCUT2D eigenvalue weighted by molar-refractivity contribution is 9.10. The third kappa shape index (κ3) is 15.0. The largest absolute Gasteiger partial charge is 0.494 e. The third-order valence-electron chi connectivity index (χ3n) is 27.6. The molecule has 0 unspecified atom stereocenters. The summed E-state index contributed by atoms with van der Waals surface area (Å²) in [5.41, 5.74) is 22.8. The minimum Gasteiger partial charge on any atom is -0.455 e. The smallest absolute Gasteiger partial charge is 0.455 e. The van der Waals surface area contributed by atoms with Gasteiger partial charge in [0, 0.05) is 106 Å². The minimum atomic E-state index is -2.90. The van der Waals surface area contributed by atoms with Crippen molar-refractivity contribution in [1.82, 2.24) is 9.97 Å². The van der Waals surface area contributed by atoms with Crippen LogP contribution < -0.4 is 47.0 Å². The van der Waals surface area contributed by atoms with Crippen molar-refractivity contribution in [3.63, 3.8) is 0 Å². The lowest BCUT2D eigenvalue weighted by Crippen LogP contribution is -2.74. The summed E-state index contributed by atoms with van der Waals surface area (Å²) in [6.45, 7) is 8.29. The fourth-order valence-electron chi connectivity index (χ4n) is 20.5. The van der Waals surface area contributed by atoms with Crippen LogP contribution in [0.3, 0.4) is 0 Å². The number of halogens is 1. The van der Waals surface area contributed by atoms with E-state index in [9.17, 15) is 0 Å². The highest BCUT2D eigenvalue weighted by Gasteiger charge is 2.52. The van der Waals surface area contributed by atoms with Crippen LogP contribution in [0.1, 0.15) is 27.7 Å². The predicted molar refractivity (Wildman–Crippen MR) is 573 cm³/mol. The molecule has 6 aromatic heterocycles. The summed E-state index contributed by atoms with van der Waals surface area (Å²) in [5.74, 6) is 0. The van der Waals surface area contributed by atoms with Crippen molar-refractivity contribution in [2.45, 2.75) is 38.9 Å². The van der Waals surface area contributed by atoms with Gasteiger partial charge >= 0.3 is 7.12 Å². The summed E-state index contributed by atoms with van der Waals surface area (Å²) in [5, 5.41) is 19.4. The summed E-state index contributed by atoms with van der Waals surface area (Å²) >= 11 is 3.78. The quantitative estimate of drug-likeness (QED) is 0.0697. The van der Waals surface area contributed by atoms with Crippen molar-refractivity contribution >= 4 is 174 Å². The number of hydrogen-bond acceptors (Lipinski definition) is 8. The maximum atomic E-state index is 7.39. The first-order valence-electron chi connectivity index (χ1n) is 46.2. The molecule has 0 saturated carbocycles. The summed E-state index contributed by atoms with van der Waals surface area (Å²) in [6, 6.07) is 161. The first-order chi connectivity index (χ1) is 66.8. The fraction of sp³-hybridized carbons (Fsp3) is 0.0484. The Morgan fingerprint density at radius 1 is 0.228 bits per heavy atom. The molecular formula is C124H90BBrN2O6Si2. The van der Waals surface area contributed by atoms with Crippen molar-refractivity contribution in [3.05, 3.63) is 478 Å². The van der Waals surface area contributed by atoms with Crippen LogP contribution >= 0.6 is 15.9 Å². The van der Waals surface area contributed by atoms with Crippen LogP contribution in [0.25, 0.3) is 166 Å². The lowest BCUT2D eigenvalue weighted by atomic mass is 9.78. The average Bonchev–Trinajstić information content (AvgIpc) is 1.22. The van der Waals surface area contributed by atoms with E-state index in [0.717, 1.165) is 176 Å². The zero-order valence-electron chi connectivity index (χ0n) is 75.3. The second kappa shape index (κ2) is 35.4. The van der Waals surface area contributed by atoms with Crippen molar-refractivity contribution < 1.29 is 27.0 Å². The maximum absolute atomic E-state index is 7.39. The Morgan fingerprint density at radius 2 is 0.515 bits per heavy atom. The molecule has 24 aromatic rings. The van der Waals surface area contributed by atoms with Gasteiger partial charge in [-0.15, -0.1) is 0 Å². The molecule has 136 heavy (non-hydrogen) atoms. The number of para-hydroxylation sites is 8. The SMILES string of the molecule is Brc1cc(-c2cccnc2)cc(-c2cccc3c2oc2c([Si](c4ccccc4)(c4ccccc4)c4ccccc4)cccc23)c1.CC1(C)OB(c2ccc(-c3cccc4c3oc3ccccc34)cc2)OC1(C)C.c1ccc([Si](c2ccccc2)(c2ccccc2)c2cccc3c2oc2c(-c4cc(-c5cccnc5)cc(-c5cccc(-c6cccc7c6oc6ccccc67)c5)c4)cccc23)cc1. The van der Waals surface area contributed by atoms with E-state index in [2.05, 4.69) is 460 Å². The van der Waals surface area contributed by atoms with E-state index in [4.69, 9.17) is 27.0 Å². The van der Waals surface area contributed by atoms with E-state index in [1.807, 2.05) is 61.1 Å². The van der Waals surface area contributed by atoms with Gasteiger partial charge in [-0.1, -0.05) is 398 Å². The van der Waals surface area contributed by atoms with E-state index in [0.29, 0.717) is 0 Å². The summed E-state index contributed by atoms with van der Waals surface area (Å²) in [6.07, 6.45) is 7.47. The topological polar surface area (TPSA) is 96.8 Å². The Bertz CT molecular complexity index is 8340. The monoisotopic (exact) mass is 1850 g/mol. The van der Waals surface area contributed by atoms with Gasteiger partial charge in [0.05, 0.1) is 11.2 Å². The standard InChI is InChI=1S/C59H39NO2Si.C41H28BrNOSi.C24H23BO3/c1-4-20-46(21-5-1)63(47-22-6-2-7-23-47,48-24-8-3-9-25-48)56-33-15-31-54-53-30-14-28-50(58(53)62-59(54)56)45-37-43(36-44(38-45)42-19-16-34-60-39-42)40-17-12-18-41(35-40)49-27-13-29-52-51-26-10-11-32-55(51)61-57(49)52;42-32-26-30(29-13-12-24-43-28-29)25-31(27-32)36-20-10-21-37-38-22-11-23-39(41(38)44-40(36)37)45(33-14-4-1-5-15-33,34-16-6-2-7-17-34)35-18-8-3-9-19-35;1-23(2)24(3,4)28-25(27-23)17-14-12-16(13-15-17)18-9-7-10-20-19-8-5-6-11-21(19)26-22(18)20/h1-39H;1-28H;5-15H,1-4H3. The Hall–Kier alpha value is -15.6. The second-order valence-corrected chi connectivity index (χ2v) is 44.4. The molecule has 650 valence electrons. The Kier molecular flexibility index (Phi) is 22.0. The molecule has 0 N–H and O–H groups in total. The first-order valence-corrected chi connectivity index (χ1v) is 51.0. The third-order valence-corrected chi connectivity index (χ3v) is 37.7. The zero-order chi connectivity index (χ0) is 91.5. The van der Waals surface area contributed by atoms with Gasteiger partial charge in [-0.25, -0.2) is 0 Å². The summed E-state index contributed by atoms with van der Waals surface area (Å²) < 4.78 is 40.5. The van der Waals surface area contributed by atoms with Crippen LogP contribution in [0.4, 0.5) is 0 Å². The molecule has 12 heteroatoms. The molecule has 8 nitrogen and oxygen atoms in total. The Labute approximate surface area is 799 Å².